The standard InChI is InChI=1S/C26H34N4O3S/c1-26(2,3)19-9-10-21-18(15-19)16-22(34-21)24(32)29-28-23(31)17-11-13-30(14-12-17)25(33)27-20-7-5-4-6-8-20/h4-8,16-17,19H,9-15H2,1-3H3,(H,27,33)(H,28,31)(H,29,32). The molecule has 182 valence electrons. The molecule has 3 N–H and O–H groups in total. The normalized spacial score (nSPS) is 18.7. The van der Waals surface area contributed by atoms with Crippen molar-refractivity contribution in [1.29, 1.82) is 0 Å². The maximum atomic E-state index is 12.7. The molecule has 1 atom stereocenters. The van der Waals surface area contributed by atoms with Crippen LogP contribution in [0, 0.1) is 17.3 Å². The number of carbonyl (C=O) groups excluding carboxylic acids is 3. The molecule has 1 aromatic heterocycles. The van der Waals surface area contributed by atoms with E-state index in [2.05, 4.69) is 36.9 Å². The predicted molar refractivity (Wildman–Crippen MR) is 135 cm³/mol. The number of benzene rings is 1. The van der Waals surface area contributed by atoms with E-state index in [4.69, 9.17) is 0 Å². The molecule has 1 unspecified atom stereocenters. The van der Waals surface area contributed by atoms with E-state index in [9.17, 15) is 14.4 Å². The number of urea groups is 1. The van der Waals surface area contributed by atoms with E-state index in [0.717, 1.165) is 24.9 Å². The minimum absolute atomic E-state index is 0.159. The molecule has 7 nitrogen and oxygen atoms in total. The highest BCUT2D eigenvalue weighted by Crippen LogP contribution is 2.40. The fourth-order valence-corrected chi connectivity index (χ4v) is 5.83. The number of hydrazine groups is 1. The lowest BCUT2D eigenvalue weighted by Gasteiger charge is -2.33. The quantitative estimate of drug-likeness (QED) is 0.558. The topological polar surface area (TPSA) is 90.5 Å². The number of aryl methyl sites for hydroxylation is 1. The number of rotatable bonds is 3. The van der Waals surface area contributed by atoms with Gasteiger partial charge in [-0.2, -0.15) is 0 Å². The summed E-state index contributed by atoms with van der Waals surface area (Å²) in [4.78, 5) is 41.4. The number of para-hydroxylation sites is 1. The number of thiophene rings is 1. The zero-order chi connectivity index (χ0) is 24.3. The minimum Gasteiger partial charge on any atom is -0.324 e. The van der Waals surface area contributed by atoms with E-state index in [1.165, 1.54) is 21.8 Å². The molecule has 8 heteroatoms. The van der Waals surface area contributed by atoms with Gasteiger partial charge >= 0.3 is 6.03 Å². The number of carbonyl (C=O) groups is 3. The monoisotopic (exact) mass is 482 g/mol. The second kappa shape index (κ2) is 10.2. The van der Waals surface area contributed by atoms with E-state index < -0.39 is 0 Å². The molecule has 34 heavy (non-hydrogen) atoms. The number of fused-ring (bicyclic) bond motifs is 1. The molecule has 2 aliphatic rings. The third kappa shape index (κ3) is 5.78. The maximum Gasteiger partial charge on any atom is 0.321 e. The number of nitrogens with one attached hydrogen (secondary N) is 3. The summed E-state index contributed by atoms with van der Waals surface area (Å²) >= 11 is 1.53. The molecule has 2 heterocycles. The van der Waals surface area contributed by atoms with Gasteiger partial charge in [-0.1, -0.05) is 39.0 Å². The molecular weight excluding hydrogens is 448 g/mol. The van der Waals surface area contributed by atoms with Crippen molar-refractivity contribution in [2.24, 2.45) is 17.3 Å². The molecule has 2 aromatic rings. The maximum absolute atomic E-state index is 12.7. The second-order valence-electron chi connectivity index (χ2n) is 10.4. The van der Waals surface area contributed by atoms with Gasteiger partial charge in [0.1, 0.15) is 0 Å². The van der Waals surface area contributed by atoms with Crippen molar-refractivity contribution in [1.82, 2.24) is 15.8 Å². The van der Waals surface area contributed by atoms with Crippen LogP contribution in [0.1, 0.15) is 60.1 Å². The summed E-state index contributed by atoms with van der Waals surface area (Å²) in [5.74, 6) is -0.0821. The smallest absolute Gasteiger partial charge is 0.321 e. The van der Waals surface area contributed by atoms with Crippen molar-refractivity contribution in [3.63, 3.8) is 0 Å². The number of hydrogen-bond donors (Lipinski definition) is 3. The lowest BCUT2D eigenvalue weighted by Crippen LogP contribution is -2.48. The molecule has 1 aliphatic carbocycles. The average molecular weight is 483 g/mol. The van der Waals surface area contributed by atoms with Crippen LogP contribution in [-0.4, -0.2) is 35.8 Å². The van der Waals surface area contributed by atoms with Crippen LogP contribution in [0.3, 0.4) is 0 Å². The zero-order valence-corrected chi connectivity index (χ0v) is 21.0. The van der Waals surface area contributed by atoms with Gasteiger partial charge in [0, 0.05) is 29.6 Å². The van der Waals surface area contributed by atoms with Gasteiger partial charge < -0.3 is 10.2 Å². The van der Waals surface area contributed by atoms with Crippen LogP contribution in [0.15, 0.2) is 36.4 Å². The molecule has 0 bridgehead atoms. The van der Waals surface area contributed by atoms with Crippen molar-refractivity contribution in [3.05, 3.63) is 51.7 Å². The van der Waals surface area contributed by atoms with Crippen LogP contribution in [0.4, 0.5) is 10.5 Å². The van der Waals surface area contributed by atoms with E-state index in [-0.39, 0.29) is 29.2 Å². The molecule has 4 amide bonds. The number of amides is 4. The van der Waals surface area contributed by atoms with Gasteiger partial charge in [0.25, 0.3) is 5.91 Å². The van der Waals surface area contributed by atoms with Crippen LogP contribution in [0.5, 0.6) is 0 Å². The van der Waals surface area contributed by atoms with E-state index >= 15 is 0 Å². The van der Waals surface area contributed by atoms with Crippen molar-refractivity contribution >= 4 is 34.9 Å². The first kappa shape index (κ1) is 24.3. The predicted octanol–water partition coefficient (Wildman–Crippen LogP) is 4.60. The van der Waals surface area contributed by atoms with E-state index in [1.54, 1.807) is 4.90 Å². The summed E-state index contributed by atoms with van der Waals surface area (Å²) in [5.41, 5.74) is 7.47. The highest BCUT2D eigenvalue weighted by molar-refractivity contribution is 7.14. The summed E-state index contributed by atoms with van der Waals surface area (Å²) in [6.45, 7) is 7.82. The average Bonchev–Trinajstić information content (AvgIpc) is 3.26. The van der Waals surface area contributed by atoms with Gasteiger partial charge in [0.2, 0.25) is 5.91 Å². The lowest BCUT2D eigenvalue weighted by molar-refractivity contribution is -0.127. The first-order chi connectivity index (χ1) is 16.2. The fourth-order valence-electron chi connectivity index (χ4n) is 4.73. The van der Waals surface area contributed by atoms with Crippen molar-refractivity contribution in [2.45, 2.75) is 52.9 Å². The third-order valence-electron chi connectivity index (χ3n) is 7.01. The largest absolute Gasteiger partial charge is 0.324 e. The Labute approximate surface area is 205 Å². The summed E-state index contributed by atoms with van der Waals surface area (Å²) < 4.78 is 0. The Morgan fingerprint density at radius 3 is 2.38 bits per heavy atom. The Morgan fingerprint density at radius 2 is 1.71 bits per heavy atom. The summed E-state index contributed by atoms with van der Waals surface area (Å²) in [6, 6.07) is 11.1. The zero-order valence-electron chi connectivity index (χ0n) is 20.1. The minimum atomic E-state index is -0.264. The van der Waals surface area contributed by atoms with Gasteiger partial charge in [0.15, 0.2) is 0 Å². The van der Waals surface area contributed by atoms with Crippen LogP contribution < -0.4 is 16.2 Å². The molecule has 1 aromatic carbocycles. The van der Waals surface area contributed by atoms with Gasteiger partial charge in [-0.15, -0.1) is 11.3 Å². The molecule has 1 aliphatic heterocycles. The van der Waals surface area contributed by atoms with Crippen LogP contribution >= 0.6 is 11.3 Å². The number of hydrogen-bond acceptors (Lipinski definition) is 4. The van der Waals surface area contributed by atoms with Gasteiger partial charge in [-0.05, 0) is 67.2 Å². The first-order valence-electron chi connectivity index (χ1n) is 12.0. The first-order valence-corrected chi connectivity index (χ1v) is 12.8. The Hall–Kier alpha value is -2.87. The Kier molecular flexibility index (Phi) is 7.26. The van der Waals surface area contributed by atoms with Crippen molar-refractivity contribution < 1.29 is 14.4 Å². The van der Waals surface area contributed by atoms with E-state index in [0.29, 0.717) is 36.7 Å². The highest BCUT2D eigenvalue weighted by atomic mass is 32.1. The second-order valence-corrected chi connectivity index (χ2v) is 11.5. The van der Waals surface area contributed by atoms with Gasteiger partial charge in [-0.25, -0.2) is 4.79 Å². The molecule has 0 spiro atoms. The molecule has 0 saturated carbocycles. The van der Waals surface area contributed by atoms with Gasteiger partial charge in [0.05, 0.1) is 4.88 Å². The SMILES string of the molecule is CC(C)(C)C1CCc2sc(C(=O)NNC(=O)C3CCN(C(=O)Nc4ccccc4)CC3)cc2C1. The lowest BCUT2D eigenvalue weighted by atomic mass is 9.72. The van der Waals surface area contributed by atoms with Crippen LogP contribution in [0.25, 0.3) is 0 Å². The Morgan fingerprint density at radius 1 is 1.00 bits per heavy atom. The number of anilines is 1. The third-order valence-corrected chi connectivity index (χ3v) is 8.24. The van der Waals surface area contributed by atoms with Crippen molar-refractivity contribution in [3.8, 4) is 0 Å². The van der Waals surface area contributed by atoms with Crippen LogP contribution in [0.2, 0.25) is 0 Å². The molecule has 0 radical (unpaired) electrons. The van der Waals surface area contributed by atoms with Gasteiger partial charge in [-0.3, -0.25) is 20.4 Å². The Balaban J connectivity index is 1.23. The highest BCUT2D eigenvalue weighted by Gasteiger charge is 2.31. The van der Waals surface area contributed by atoms with E-state index in [1.807, 2.05) is 36.4 Å². The molecule has 1 saturated heterocycles. The molecular formula is C26H34N4O3S. The number of piperidine rings is 1. The van der Waals surface area contributed by atoms with Crippen LogP contribution in [-0.2, 0) is 17.6 Å². The fraction of sp³-hybridized carbons (Fsp3) is 0.500. The molecule has 4 rings (SSSR count). The number of nitrogens with zero attached hydrogens (tertiary/aromatic N) is 1. The number of likely N-dealkylation sites (tertiary alicyclic amines) is 1. The summed E-state index contributed by atoms with van der Waals surface area (Å²) in [5, 5.41) is 2.88. The molecule has 1 fully saturated rings. The Bertz CT molecular complexity index is 1040. The summed E-state index contributed by atoms with van der Waals surface area (Å²) in [7, 11) is 0. The summed E-state index contributed by atoms with van der Waals surface area (Å²) in [6.07, 6.45) is 4.29. The van der Waals surface area contributed by atoms with Crippen molar-refractivity contribution in [2.75, 3.05) is 18.4 Å².